The number of nitrogens with zero attached hydrogens (tertiary/aromatic N) is 1. The number of barbiturate groups is 1. The molecule has 1 N–H and O–H groups in total. The molecule has 3 aromatic carbocycles. The zero-order chi connectivity index (χ0) is 20.0. The Hall–Kier alpha value is -4.13. The smallest absolute Gasteiger partial charge is 0.335 e. The van der Waals surface area contributed by atoms with Gasteiger partial charge in [-0.3, -0.25) is 14.9 Å². The fraction of sp³-hybridized carbons (Fsp3) is 0.0455. The second kappa shape index (κ2) is 6.49. The predicted molar refractivity (Wildman–Crippen MR) is 106 cm³/mol. The third-order valence-electron chi connectivity index (χ3n) is 4.82. The number of ether oxygens (including phenoxy) is 2. The van der Waals surface area contributed by atoms with Gasteiger partial charge in [-0.25, -0.2) is 9.69 Å². The van der Waals surface area contributed by atoms with Gasteiger partial charge in [0.05, 0.1) is 5.69 Å². The molecule has 4 amide bonds. The van der Waals surface area contributed by atoms with Crippen LogP contribution in [-0.2, 0) is 9.59 Å². The number of hydrogen-bond acceptors (Lipinski definition) is 5. The van der Waals surface area contributed by atoms with Crippen LogP contribution in [0.5, 0.6) is 11.5 Å². The number of benzene rings is 3. The fourth-order valence-electron chi connectivity index (χ4n) is 3.45. The van der Waals surface area contributed by atoms with Gasteiger partial charge in [-0.15, -0.1) is 0 Å². The molecule has 2 heterocycles. The Morgan fingerprint density at radius 2 is 1.69 bits per heavy atom. The molecule has 7 heteroatoms. The van der Waals surface area contributed by atoms with Gasteiger partial charge in [0.25, 0.3) is 11.8 Å². The van der Waals surface area contributed by atoms with Crippen molar-refractivity contribution in [3.05, 3.63) is 71.8 Å². The van der Waals surface area contributed by atoms with Crippen molar-refractivity contribution < 1.29 is 23.9 Å². The minimum absolute atomic E-state index is 0.123. The highest BCUT2D eigenvalue weighted by Gasteiger charge is 2.37. The summed E-state index contributed by atoms with van der Waals surface area (Å²) in [6.07, 6.45) is 1.43. The molecule has 0 aromatic heterocycles. The average molecular weight is 386 g/mol. The number of rotatable bonds is 2. The summed E-state index contributed by atoms with van der Waals surface area (Å²) < 4.78 is 10.6. The van der Waals surface area contributed by atoms with Gasteiger partial charge in [0.1, 0.15) is 5.57 Å². The Morgan fingerprint density at radius 1 is 0.897 bits per heavy atom. The zero-order valence-electron chi connectivity index (χ0n) is 15.0. The molecule has 0 aliphatic carbocycles. The number of amides is 4. The molecule has 0 bridgehead atoms. The highest BCUT2D eigenvalue weighted by atomic mass is 16.7. The van der Waals surface area contributed by atoms with Gasteiger partial charge < -0.3 is 9.47 Å². The van der Waals surface area contributed by atoms with Crippen LogP contribution >= 0.6 is 0 Å². The van der Waals surface area contributed by atoms with Crippen LogP contribution < -0.4 is 19.7 Å². The first-order valence-electron chi connectivity index (χ1n) is 8.91. The molecule has 3 aromatic rings. The Kier molecular flexibility index (Phi) is 3.80. The summed E-state index contributed by atoms with van der Waals surface area (Å²) >= 11 is 0. The third kappa shape index (κ3) is 2.80. The molecule has 2 aliphatic rings. The summed E-state index contributed by atoms with van der Waals surface area (Å²) in [5.74, 6) is -0.300. The first-order valence-corrected chi connectivity index (χ1v) is 8.91. The first kappa shape index (κ1) is 17.0. The molecule has 1 fully saturated rings. The van der Waals surface area contributed by atoms with E-state index in [0.29, 0.717) is 22.7 Å². The van der Waals surface area contributed by atoms with Crippen molar-refractivity contribution in [3.8, 4) is 11.5 Å². The highest BCUT2D eigenvalue weighted by Crippen LogP contribution is 2.34. The van der Waals surface area contributed by atoms with E-state index in [1.807, 2.05) is 30.3 Å². The van der Waals surface area contributed by atoms with E-state index in [4.69, 9.17) is 9.47 Å². The van der Waals surface area contributed by atoms with E-state index in [-0.39, 0.29) is 12.4 Å². The number of nitrogens with one attached hydrogen (secondary N) is 1. The highest BCUT2D eigenvalue weighted by molar-refractivity contribution is 6.40. The van der Waals surface area contributed by atoms with E-state index in [0.717, 1.165) is 15.7 Å². The van der Waals surface area contributed by atoms with Crippen molar-refractivity contribution in [1.29, 1.82) is 0 Å². The van der Waals surface area contributed by atoms with E-state index in [9.17, 15) is 14.4 Å². The molecule has 29 heavy (non-hydrogen) atoms. The Labute approximate surface area is 165 Å². The molecule has 0 unspecified atom stereocenters. The maximum atomic E-state index is 13.1. The molecular formula is C22H14N2O5. The van der Waals surface area contributed by atoms with Crippen LogP contribution in [0.2, 0.25) is 0 Å². The molecule has 7 nitrogen and oxygen atoms in total. The Bertz CT molecular complexity index is 1230. The summed E-state index contributed by atoms with van der Waals surface area (Å²) in [4.78, 5) is 39.0. The van der Waals surface area contributed by atoms with E-state index in [1.165, 1.54) is 6.08 Å². The van der Waals surface area contributed by atoms with Gasteiger partial charge >= 0.3 is 6.03 Å². The maximum absolute atomic E-state index is 13.1. The molecule has 5 rings (SSSR count). The lowest BCUT2D eigenvalue weighted by molar-refractivity contribution is -0.122. The summed E-state index contributed by atoms with van der Waals surface area (Å²) in [6.45, 7) is 0.123. The van der Waals surface area contributed by atoms with Crippen molar-refractivity contribution in [1.82, 2.24) is 5.32 Å². The second-order valence-corrected chi connectivity index (χ2v) is 6.57. The Balaban J connectivity index is 1.59. The quantitative estimate of drug-likeness (QED) is 0.540. The lowest BCUT2D eigenvalue weighted by atomic mass is 10.0. The molecule has 0 spiro atoms. The number of urea groups is 1. The van der Waals surface area contributed by atoms with E-state index in [2.05, 4.69) is 5.32 Å². The van der Waals surface area contributed by atoms with Gasteiger partial charge in [-0.05, 0) is 35.2 Å². The maximum Gasteiger partial charge on any atom is 0.335 e. The van der Waals surface area contributed by atoms with Crippen molar-refractivity contribution in [2.45, 2.75) is 0 Å². The number of fused-ring (bicyclic) bond motifs is 2. The van der Waals surface area contributed by atoms with E-state index >= 15 is 0 Å². The minimum Gasteiger partial charge on any atom is -0.454 e. The normalized spacial score (nSPS) is 17.2. The van der Waals surface area contributed by atoms with Gasteiger partial charge in [0, 0.05) is 5.39 Å². The number of carbonyl (C=O) groups excluding carboxylic acids is 3. The third-order valence-corrected chi connectivity index (χ3v) is 4.82. The van der Waals surface area contributed by atoms with Crippen molar-refractivity contribution >= 4 is 40.4 Å². The number of hydrogen-bond donors (Lipinski definition) is 1. The van der Waals surface area contributed by atoms with Crippen molar-refractivity contribution in [3.63, 3.8) is 0 Å². The minimum atomic E-state index is -0.779. The lowest BCUT2D eigenvalue weighted by Gasteiger charge is -2.27. The molecule has 1 saturated heterocycles. The molecule has 0 atom stereocenters. The van der Waals surface area contributed by atoms with Crippen LogP contribution in [0.1, 0.15) is 5.56 Å². The largest absolute Gasteiger partial charge is 0.454 e. The summed E-state index contributed by atoms with van der Waals surface area (Å²) in [7, 11) is 0. The standard InChI is InChI=1S/C22H14N2O5/c25-20-16(10-13-8-9-18-19(11-13)29-12-28-18)21(26)24(22(27)23-20)17-7-3-5-14-4-1-2-6-15(14)17/h1-11H,12H2,(H,23,25,27)/b16-10+. The molecule has 0 radical (unpaired) electrons. The number of anilines is 1. The molecule has 142 valence electrons. The van der Waals surface area contributed by atoms with Gasteiger partial charge in [0.2, 0.25) is 6.79 Å². The van der Waals surface area contributed by atoms with Crippen LogP contribution in [0, 0.1) is 0 Å². The monoisotopic (exact) mass is 386 g/mol. The zero-order valence-corrected chi connectivity index (χ0v) is 15.0. The summed E-state index contributed by atoms with van der Waals surface area (Å²) in [6, 6.07) is 17.0. The molecule has 0 saturated carbocycles. The Morgan fingerprint density at radius 3 is 2.59 bits per heavy atom. The average Bonchev–Trinajstić information content (AvgIpc) is 3.19. The van der Waals surface area contributed by atoms with Crippen LogP contribution in [0.3, 0.4) is 0 Å². The lowest BCUT2D eigenvalue weighted by Crippen LogP contribution is -2.54. The van der Waals surface area contributed by atoms with Crippen molar-refractivity contribution in [2.24, 2.45) is 0 Å². The molecular weight excluding hydrogens is 372 g/mol. The number of carbonyl (C=O) groups is 3. The van der Waals surface area contributed by atoms with E-state index < -0.39 is 17.8 Å². The first-order chi connectivity index (χ1) is 14.1. The summed E-state index contributed by atoms with van der Waals surface area (Å²) in [5, 5.41) is 3.86. The second-order valence-electron chi connectivity index (χ2n) is 6.57. The van der Waals surface area contributed by atoms with E-state index in [1.54, 1.807) is 30.3 Å². The fourth-order valence-corrected chi connectivity index (χ4v) is 3.45. The SMILES string of the molecule is O=C1NC(=O)N(c2cccc3ccccc23)C(=O)/C1=C/c1ccc2c(c1)OCO2. The van der Waals surface area contributed by atoms with Crippen LogP contribution in [0.15, 0.2) is 66.2 Å². The van der Waals surface area contributed by atoms with Gasteiger partial charge in [0.15, 0.2) is 11.5 Å². The van der Waals surface area contributed by atoms with Crippen LogP contribution in [0.4, 0.5) is 10.5 Å². The van der Waals surface area contributed by atoms with Gasteiger partial charge in [-0.2, -0.15) is 0 Å². The topological polar surface area (TPSA) is 84.9 Å². The van der Waals surface area contributed by atoms with Crippen LogP contribution in [0.25, 0.3) is 16.8 Å². The predicted octanol–water partition coefficient (Wildman–Crippen LogP) is 3.23. The molecule has 2 aliphatic heterocycles. The van der Waals surface area contributed by atoms with Crippen LogP contribution in [-0.4, -0.2) is 24.6 Å². The summed E-state index contributed by atoms with van der Waals surface area (Å²) in [5.41, 5.74) is 0.853. The van der Waals surface area contributed by atoms with Gasteiger partial charge in [-0.1, -0.05) is 42.5 Å². The number of imide groups is 2. The van der Waals surface area contributed by atoms with Crippen molar-refractivity contribution in [2.75, 3.05) is 11.7 Å².